The summed E-state index contributed by atoms with van der Waals surface area (Å²) in [7, 11) is 0. The summed E-state index contributed by atoms with van der Waals surface area (Å²) >= 11 is 0. The number of rotatable bonds is 11. The number of benzene rings is 3. The topological polar surface area (TPSA) is 158 Å². The van der Waals surface area contributed by atoms with Gasteiger partial charge in [0.2, 0.25) is 0 Å². The van der Waals surface area contributed by atoms with Crippen LogP contribution in [-0.2, 0) is 37.8 Å². The van der Waals surface area contributed by atoms with Gasteiger partial charge in [0.1, 0.15) is 12.6 Å². The first-order valence-corrected chi connectivity index (χ1v) is 13.3. The van der Waals surface area contributed by atoms with Gasteiger partial charge in [0, 0.05) is 12.5 Å². The molecule has 1 heterocycles. The van der Waals surface area contributed by atoms with Crippen LogP contribution in [0, 0.1) is 0 Å². The van der Waals surface area contributed by atoms with Crippen molar-refractivity contribution >= 4 is 23.6 Å². The normalized spacial score (nSPS) is 13.2. The third-order valence-corrected chi connectivity index (χ3v) is 6.76. The molecule has 2 atom stereocenters. The third kappa shape index (κ3) is 7.33. The van der Waals surface area contributed by atoms with E-state index >= 15 is 0 Å². The maximum Gasteiger partial charge on any atom is 0.452 e. The molecule has 0 aliphatic heterocycles. The van der Waals surface area contributed by atoms with Crippen molar-refractivity contribution in [1.29, 1.82) is 0 Å². The monoisotopic (exact) mass is 621 g/mol. The predicted molar refractivity (Wildman–Crippen MR) is 155 cm³/mol. The SMILES string of the molecule is NC(C(=O)NC(Cc1ccccc1)C(=O)C(F)(F)F)(C(=O)OCc1cccc(C(=O)O)c1)n1c(-c2ccccc2)cccc1=O. The first kappa shape index (κ1) is 32.4. The molecule has 45 heavy (non-hydrogen) atoms. The van der Waals surface area contributed by atoms with Gasteiger partial charge < -0.3 is 15.2 Å². The van der Waals surface area contributed by atoms with Crippen molar-refractivity contribution in [2.24, 2.45) is 5.73 Å². The number of pyridine rings is 1. The molecule has 0 fully saturated rings. The van der Waals surface area contributed by atoms with Gasteiger partial charge in [-0.2, -0.15) is 13.2 Å². The fourth-order valence-corrected chi connectivity index (χ4v) is 4.55. The highest BCUT2D eigenvalue weighted by molar-refractivity contribution is 6.06. The lowest BCUT2D eigenvalue weighted by Gasteiger charge is -2.32. The highest BCUT2D eigenvalue weighted by Crippen LogP contribution is 2.25. The second kappa shape index (κ2) is 13.4. The van der Waals surface area contributed by atoms with Crippen molar-refractivity contribution in [2.45, 2.75) is 30.9 Å². The number of ketones is 1. The zero-order valence-electron chi connectivity index (χ0n) is 23.4. The van der Waals surface area contributed by atoms with Gasteiger partial charge in [-0.15, -0.1) is 0 Å². The van der Waals surface area contributed by atoms with Crippen molar-refractivity contribution in [2.75, 3.05) is 0 Å². The molecule has 0 aliphatic carbocycles. The summed E-state index contributed by atoms with van der Waals surface area (Å²) in [6.45, 7) is -0.622. The summed E-state index contributed by atoms with van der Waals surface area (Å²) in [4.78, 5) is 64.8. The highest BCUT2D eigenvalue weighted by atomic mass is 19.4. The number of aromatic nitrogens is 1. The Morgan fingerprint density at radius 3 is 2.07 bits per heavy atom. The smallest absolute Gasteiger partial charge is 0.452 e. The van der Waals surface area contributed by atoms with Crippen LogP contribution >= 0.6 is 0 Å². The third-order valence-electron chi connectivity index (χ3n) is 6.76. The van der Waals surface area contributed by atoms with Gasteiger partial charge in [-0.05, 0) is 34.9 Å². The quantitative estimate of drug-likeness (QED) is 0.170. The number of carbonyl (C=O) groups excluding carboxylic acids is 3. The van der Waals surface area contributed by atoms with E-state index in [0.717, 1.165) is 6.07 Å². The molecule has 0 saturated heterocycles. The van der Waals surface area contributed by atoms with Crippen LogP contribution in [0.25, 0.3) is 11.3 Å². The van der Waals surface area contributed by atoms with E-state index in [1.54, 1.807) is 24.3 Å². The number of aromatic carboxylic acids is 1. The molecule has 4 aromatic rings. The van der Waals surface area contributed by atoms with E-state index in [1.807, 2.05) is 5.32 Å². The van der Waals surface area contributed by atoms with E-state index in [-0.39, 0.29) is 22.4 Å². The lowest BCUT2D eigenvalue weighted by molar-refractivity contribution is -0.174. The number of carboxylic acids is 1. The summed E-state index contributed by atoms with van der Waals surface area (Å²) in [5.74, 6) is -6.78. The maximum absolute atomic E-state index is 13.9. The van der Waals surface area contributed by atoms with Gasteiger partial charge in [-0.25, -0.2) is 9.59 Å². The van der Waals surface area contributed by atoms with E-state index in [4.69, 9.17) is 10.5 Å². The Labute approximate surface area is 253 Å². The van der Waals surface area contributed by atoms with Crippen molar-refractivity contribution in [3.63, 3.8) is 0 Å². The average molecular weight is 622 g/mol. The molecule has 2 unspecified atom stereocenters. The first-order chi connectivity index (χ1) is 21.3. The number of nitrogens with two attached hydrogens (primary N) is 1. The van der Waals surface area contributed by atoms with Crippen LogP contribution < -0.4 is 16.6 Å². The lowest BCUT2D eigenvalue weighted by Crippen LogP contribution is -2.66. The molecule has 0 spiro atoms. The minimum Gasteiger partial charge on any atom is -0.478 e. The maximum atomic E-state index is 13.9. The van der Waals surface area contributed by atoms with E-state index in [9.17, 15) is 42.3 Å². The molecule has 4 rings (SSSR count). The minimum absolute atomic E-state index is 0.0627. The number of nitrogens with zero attached hydrogens (tertiary/aromatic N) is 1. The van der Waals surface area contributed by atoms with Crippen molar-refractivity contribution in [3.05, 3.63) is 130 Å². The average Bonchev–Trinajstić information content (AvgIpc) is 3.03. The second-order valence-electron chi connectivity index (χ2n) is 9.88. The number of Topliss-reactive ketones (excluding diaryl/α,β-unsaturated/α-hetero) is 1. The van der Waals surface area contributed by atoms with Gasteiger partial charge in [-0.1, -0.05) is 78.9 Å². The Balaban J connectivity index is 1.81. The van der Waals surface area contributed by atoms with E-state index in [2.05, 4.69) is 0 Å². The van der Waals surface area contributed by atoms with Gasteiger partial charge in [0.15, 0.2) is 0 Å². The zero-order chi connectivity index (χ0) is 32.8. The van der Waals surface area contributed by atoms with Crippen LogP contribution in [0.3, 0.4) is 0 Å². The van der Waals surface area contributed by atoms with Gasteiger partial charge >= 0.3 is 18.1 Å². The molecule has 0 bridgehead atoms. The Bertz CT molecular complexity index is 1780. The Kier molecular flexibility index (Phi) is 9.63. The van der Waals surface area contributed by atoms with Crippen molar-refractivity contribution in [3.8, 4) is 11.3 Å². The molecule has 0 aliphatic rings. The number of nitrogens with one attached hydrogen (secondary N) is 1. The zero-order valence-corrected chi connectivity index (χ0v) is 23.4. The number of halogens is 3. The molecular formula is C32H26F3N3O7. The molecule has 10 nitrogen and oxygen atoms in total. The molecule has 232 valence electrons. The number of amides is 1. The Hall–Kier alpha value is -5.56. The van der Waals surface area contributed by atoms with Crippen LogP contribution in [0.4, 0.5) is 13.2 Å². The molecule has 13 heteroatoms. The summed E-state index contributed by atoms with van der Waals surface area (Å²) < 4.78 is 46.8. The molecular weight excluding hydrogens is 595 g/mol. The summed E-state index contributed by atoms with van der Waals surface area (Å²) in [5, 5.41) is 11.2. The molecule has 0 radical (unpaired) electrons. The number of hydrogen-bond acceptors (Lipinski definition) is 7. The van der Waals surface area contributed by atoms with Gasteiger partial charge in [0.05, 0.1) is 11.3 Å². The number of alkyl halides is 3. The minimum atomic E-state index is -5.38. The number of carbonyl (C=O) groups is 4. The predicted octanol–water partition coefficient (Wildman–Crippen LogP) is 3.43. The lowest BCUT2D eigenvalue weighted by atomic mass is 10.00. The van der Waals surface area contributed by atoms with Crippen molar-refractivity contribution in [1.82, 2.24) is 9.88 Å². The Morgan fingerprint density at radius 1 is 0.844 bits per heavy atom. The molecule has 0 saturated carbocycles. The number of ether oxygens (including phenoxy) is 1. The number of esters is 1. The van der Waals surface area contributed by atoms with Crippen LogP contribution in [-0.4, -0.2) is 45.5 Å². The van der Waals surface area contributed by atoms with E-state index in [0.29, 0.717) is 10.1 Å². The summed E-state index contributed by atoms with van der Waals surface area (Å²) in [6, 6.07) is 22.2. The molecule has 3 aromatic carbocycles. The van der Waals surface area contributed by atoms with Crippen LogP contribution in [0.2, 0.25) is 0 Å². The van der Waals surface area contributed by atoms with Crippen LogP contribution in [0.15, 0.2) is 108 Å². The summed E-state index contributed by atoms with van der Waals surface area (Å²) in [6.07, 6.45) is -5.99. The fraction of sp³-hybridized carbons (Fsp3) is 0.156. The van der Waals surface area contributed by atoms with E-state index < -0.39 is 60.1 Å². The Morgan fingerprint density at radius 2 is 1.44 bits per heavy atom. The molecule has 1 amide bonds. The molecule has 1 aromatic heterocycles. The van der Waals surface area contributed by atoms with E-state index in [1.165, 1.54) is 72.8 Å². The number of carboxylic acid groups (broad SMARTS) is 1. The standard InChI is InChI=1S/C32H26F3N3O7/c33-32(34,35)27(40)24(18-20-9-3-1-4-10-20)37-29(43)31(36,30(44)45-19-21-11-7-14-23(17-21)28(41)42)38-25(15-8-16-26(38)39)22-12-5-2-6-13-22/h1-17,24H,18-19,36H2,(H,37,43)(H,41,42). The molecule has 4 N–H and O–H groups in total. The number of hydrogen-bond donors (Lipinski definition) is 3. The largest absolute Gasteiger partial charge is 0.478 e. The van der Waals surface area contributed by atoms with Crippen LogP contribution in [0.1, 0.15) is 21.5 Å². The highest BCUT2D eigenvalue weighted by Gasteiger charge is 2.51. The van der Waals surface area contributed by atoms with Crippen LogP contribution in [0.5, 0.6) is 0 Å². The van der Waals surface area contributed by atoms with Crippen molar-refractivity contribution < 1.29 is 42.2 Å². The van der Waals surface area contributed by atoms with Gasteiger partial charge in [0.25, 0.3) is 22.9 Å². The van der Waals surface area contributed by atoms with Gasteiger partial charge in [-0.3, -0.25) is 24.7 Å². The second-order valence-corrected chi connectivity index (χ2v) is 9.88. The fourth-order valence-electron chi connectivity index (χ4n) is 4.55. The first-order valence-electron chi connectivity index (χ1n) is 13.3. The summed E-state index contributed by atoms with van der Waals surface area (Å²) in [5.41, 5.74) is 2.84.